The van der Waals surface area contributed by atoms with E-state index in [0.717, 1.165) is 23.5 Å². The van der Waals surface area contributed by atoms with Gasteiger partial charge in [-0.1, -0.05) is 18.7 Å². The van der Waals surface area contributed by atoms with Crippen molar-refractivity contribution in [2.24, 2.45) is 0 Å². The Morgan fingerprint density at radius 3 is 2.73 bits per heavy atom. The van der Waals surface area contributed by atoms with Gasteiger partial charge in [-0.05, 0) is 19.3 Å². The molecule has 3 nitrogen and oxygen atoms in total. The van der Waals surface area contributed by atoms with Gasteiger partial charge in [0.05, 0.1) is 0 Å². The second-order valence-corrected chi connectivity index (χ2v) is 4.94. The van der Waals surface area contributed by atoms with Crippen LogP contribution in [0.4, 0.5) is 0 Å². The minimum absolute atomic E-state index is 0.749. The molecule has 4 heteroatoms. The van der Waals surface area contributed by atoms with Crippen LogP contribution in [0.1, 0.15) is 31.7 Å². The van der Waals surface area contributed by atoms with Crippen molar-refractivity contribution >= 4 is 11.8 Å². The van der Waals surface area contributed by atoms with Crippen LogP contribution in [0, 0.1) is 0 Å². The summed E-state index contributed by atoms with van der Waals surface area (Å²) >= 11 is 1.72. The highest BCUT2D eigenvalue weighted by Crippen LogP contribution is 2.19. The second kappa shape index (κ2) is 5.47. The van der Waals surface area contributed by atoms with Crippen LogP contribution in [0.3, 0.4) is 0 Å². The summed E-state index contributed by atoms with van der Waals surface area (Å²) in [5.41, 5.74) is 1.18. The Morgan fingerprint density at radius 2 is 2.13 bits per heavy atom. The maximum atomic E-state index is 4.33. The fourth-order valence-corrected chi connectivity index (χ4v) is 1.89. The zero-order valence-electron chi connectivity index (χ0n) is 9.07. The van der Waals surface area contributed by atoms with Gasteiger partial charge in [0.15, 0.2) is 5.16 Å². The summed E-state index contributed by atoms with van der Waals surface area (Å²) in [6.07, 6.45) is 7.68. The van der Waals surface area contributed by atoms with E-state index in [2.05, 4.69) is 22.2 Å². The number of aromatic nitrogens is 2. The molecule has 1 aliphatic rings. The Hall–Kier alpha value is -0.610. The van der Waals surface area contributed by atoms with Crippen LogP contribution in [-0.4, -0.2) is 21.8 Å². The lowest BCUT2D eigenvalue weighted by Crippen LogP contribution is -2.15. The van der Waals surface area contributed by atoms with E-state index in [1.54, 1.807) is 11.8 Å². The van der Waals surface area contributed by atoms with Gasteiger partial charge >= 0.3 is 0 Å². The molecule has 1 heterocycles. The highest BCUT2D eigenvalue weighted by Gasteiger charge is 2.19. The summed E-state index contributed by atoms with van der Waals surface area (Å²) < 4.78 is 0. The SMILES string of the molecule is CCCSc1ncc(CNC2CC2)cn1. The van der Waals surface area contributed by atoms with Crippen LogP contribution in [0.5, 0.6) is 0 Å². The summed E-state index contributed by atoms with van der Waals surface area (Å²) in [6.45, 7) is 3.07. The topological polar surface area (TPSA) is 37.8 Å². The van der Waals surface area contributed by atoms with Crippen molar-refractivity contribution < 1.29 is 0 Å². The van der Waals surface area contributed by atoms with E-state index in [1.807, 2.05) is 12.4 Å². The molecule has 0 aromatic carbocycles. The first-order valence-corrected chi connectivity index (χ1v) is 6.54. The van der Waals surface area contributed by atoms with Crippen LogP contribution >= 0.6 is 11.8 Å². The molecule has 2 rings (SSSR count). The maximum absolute atomic E-state index is 4.33. The van der Waals surface area contributed by atoms with Crippen molar-refractivity contribution in [2.75, 3.05) is 5.75 Å². The molecule has 0 unspecified atom stereocenters. The molecule has 0 amide bonds. The third kappa shape index (κ3) is 3.80. The maximum Gasteiger partial charge on any atom is 0.187 e. The van der Waals surface area contributed by atoms with Crippen LogP contribution in [0.25, 0.3) is 0 Å². The van der Waals surface area contributed by atoms with Crippen molar-refractivity contribution in [3.8, 4) is 0 Å². The Bertz CT molecular complexity index is 295. The molecule has 1 aliphatic carbocycles. The van der Waals surface area contributed by atoms with E-state index in [9.17, 15) is 0 Å². The van der Waals surface area contributed by atoms with Crippen molar-refractivity contribution in [1.82, 2.24) is 15.3 Å². The standard InChI is InChI=1S/C11H17N3S/c1-2-5-15-11-13-7-9(8-14-11)6-12-10-3-4-10/h7-8,10,12H,2-6H2,1H3. The number of thioether (sulfide) groups is 1. The van der Waals surface area contributed by atoms with E-state index in [0.29, 0.717) is 0 Å². The van der Waals surface area contributed by atoms with E-state index in [1.165, 1.54) is 24.8 Å². The minimum Gasteiger partial charge on any atom is -0.310 e. The van der Waals surface area contributed by atoms with E-state index in [4.69, 9.17) is 0 Å². The fourth-order valence-electron chi connectivity index (χ4n) is 1.25. The molecular formula is C11H17N3S. The summed E-state index contributed by atoms with van der Waals surface area (Å²) in [6, 6.07) is 0.749. The number of nitrogens with one attached hydrogen (secondary N) is 1. The van der Waals surface area contributed by atoms with E-state index >= 15 is 0 Å². The molecule has 1 fully saturated rings. The lowest BCUT2D eigenvalue weighted by atomic mass is 10.3. The minimum atomic E-state index is 0.749. The average molecular weight is 223 g/mol. The van der Waals surface area contributed by atoms with Gasteiger partial charge in [0.1, 0.15) is 0 Å². The first-order valence-electron chi connectivity index (χ1n) is 5.55. The van der Waals surface area contributed by atoms with Crippen molar-refractivity contribution in [1.29, 1.82) is 0 Å². The Balaban J connectivity index is 1.79. The smallest absolute Gasteiger partial charge is 0.187 e. The Labute approximate surface area is 95.1 Å². The van der Waals surface area contributed by atoms with Gasteiger partial charge in [0, 0.05) is 36.3 Å². The molecule has 82 valence electrons. The lowest BCUT2D eigenvalue weighted by molar-refractivity contribution is 0.680. The predicted molar refractivity (Wildman–Crippen MR) is 62.9 cm³/mol. The third-order valence-electron chi connectivity index (χ3n) is 2.29. The number of nitrogens with zero attached hydrogens (tertiary/aromatic N) is 2. The molecule has 0 radical (unpaired) electrons. The van der Waals surface area contributed by atoms with Crippen LogP contribution < -0.4 is 5.32 Å². The quantitative estimate of drug-likeness (QED) is 0.593. The highest BCUT2D eigenvalue weighted by atomic mass is 32.2. The summed E-state index contributed by atoms with van der Waals surface area (Å²) in [5.74, 6) is 1.10. The van der Waals surface area contributed by atoms with Crippen molar-refractivity contribution in [3.63, 3.8) is 0 Å². The lowest BCUT2D eigenvalue weighted by Gasteiger charge is -2.03. The molecule has 0 atom stereocenters. The van der Waals surface area contributed by atoms with Crippen molar-refractivity contribution in [3.05, 3.63) is 18.0 Å². The molecule has 0 aliphatic heterocycles. The van der Waals surface area contributed by atoms with Crippen LogP contribution in [-0.2, 0) is 6.54 Å². The van der Waals surface area contributed by atoms with Gasteiger partial charge in [-0.25, -0.2) is 9.97 Å². The molecule has 1 aromatic rings. The molecule has 1 N–H and O–H groups in total. The van der Waals surface area contributed by atoms with Crippen LogP contribution in [0.15, 0.2) is 17.6 Å². The molecule has 1 saturated carbocycles. The third-order valence-corrected chi connectivity index (χ3v) is 3.37. The monoisotopic (exact) mass is 223 g/mol. The largest absolute Gasteiger partial charge is 0.310 e. The van der Waals surface area contributed by atoms with Gasteiger partial charge in [0.2, 0.25) is 0 Å². The fraction of sp³-hybridized carbons (Fsp3) is 0.636. The van der Waals surface area contributed by atoms with E-state index < -0.39 is 0 Å². The molecule has 0 bridgehead atoms. The molecule has 15 heavy (non-hydrogen) atoms. The zero-order chi connectivity index (χ0) is 10.5. The molecule has 1 aromatic heterocycles. The molecule has 0 spiro atoms. The predicted octanol–water partition coefficient (Wildman–Crippen LogP) is 2.23. The summed E-state index contributed by atoms with van der Waals surface area (Å²) in [4.78, 5) is 8.65. The summed E-state index contributed by atoms with van der Waals surface area (Å²) in [5, 5.41) is 4.34. The van der Waals surface area contributed by atoms with Gasteiger partial charge in [-0.15, -0.1) is 0 Å². The van der Waals surface area contributed by atoms with Crippen molar-refractivity contribution in [2.45, 2.75) is 43.9 Å². The van der Waals surface area contributed by atoms with E-state index in [-0.39, 0.29) is 0 Å². The zero-order valence-corrected chi connectivity index (χ0v) is 9.89. The average Bonchev–Trinajstić information content (AvgIpc) is 3.09. The highest BCUT2D eigenvalue weighted by molar-refractivity contribution is 7.99. The van der Waals surface area contributed by atoms with Gasteiger partial charge in [0.25, 0.3) is 0 Å². The van der Waals surface area contributed by atoms with Gasteiger partial charge in [-0.3, -0.25) is 0 Å². The molecular weight excluding hydrogens is 206 g/mol. The number of hydrogen-bond donors (Lipinski definition) is 1. The first-order chi connectivity index (χ1) is 7.38. The van der Waals surface area contributed by atoms with Gasteiger partial charge < -0.3 is 5.32 Å². The van der Waals surface area contributed by atoms with Crippen LogP contribution in [0.2, 0.25) is 0 Å². The first kappa shape index (κ1) is 10.9. The second-order valence-electron chi connectivity index (χ2n) is 3.88. The van der Waals surface area contributed by atoms with Gasteiger partial charge in [-0.2, -0.15) is 0 Å². The number of rotatable bonds is 6. The summed E-state index contributed by atoms with van der Waals surface area (Å²) in [7, 11) is 0. The Kier molecular flexibility index (Phi) is 3.97. The normalized spacial score (nSPS) is 15.5. The Morgan fingerprint density at radius 1 is 1.40 bits per heavy atom. The number of hydrogen-bond acceptors (Lipinski definition) is 4. The molecule has 0 saturated heterocycles.